The first-order valence-electron chi connectivity index (χ1n) is 7.73. The second-order valence-corrected chi connectivity index (χ2v) is 8.76. The van der Waals surface area contributed by atoms with Gasteiger partial charge in [-0.3, -0.25) is 9.98 Å². The minimum atomic E-state index is 0.194. The van der Waals surface area contributed by atoms with Crippen LogP contribution < -0.4 is 0 Å². The van der Waals surface area contributed by atoms with E-state index in [1.54, 1.807) is 48.8 Å². The van der Waals surface area contributed by atoms with Crippen molar-refractivity contribution >= 4 is 90.4 Å². The first-order valence-corrected chi connectivity index (χ1v) is 12.3. The summed E-state index contributed by atoms with van der Waals surface area (Å²) in [6.45, 7) is 0. The van der Waals surface area contributed by atoms with Crippen LogP contribution in [0.15, 0.2) is 64.6 Å². The fourth-order valence-electron chi connectivity index (χ4n) is 2.06. The van der Waals surface area contributed by atoms with Gasteiger partial charge in [0.05, 0.1) is 45.2 Å². The number of aromatic nitrogens is 1. The summed E-state index contributed by atoms with van der Waals surface area (Å²) in [6, 6.07) is 15.8. The Bertz CT molecular complexity index is 950. The van der Waals surface area contributed by atoms with Crippen LogP contribution in [0.5, 0.6) is 0 Å². The van der Waals surface area contributed by atoms with E-state index in [-0.39, 0.29) is 13.1 Å². The van der Waals surface area contributed by atoms with E-state index in [0.717, 1.165) is 0 Å². The molecule has 0 fully saturated rings. The van der Waals surface area contributed by atoms with Gasteiger partial charge in [-0.1, -0.05) is 52.5 Å². The third kappa shape index (κ3) is 8.45. The SMILES string of the molecule is Clc1ccc(N=Cc2cccc(C=Nc3ccc(Cl)cc3Cl)n2)c(Cl)c1.[Cl][Fe][Cl]. The second kappa shape index (κ2) is 12.8. The third-order valence-electron chi connectivity index (χ3n) is 3.28. The number of rotatable bonds is 4. The number of aliphatic imine (C=N–C) groups is 2. The molecule has 0 bridgehead atoms. The molecular weight excluding hydrogens is 539 g/mol. The maximum atomic E-state index is 6.11. The zero-order chi connectivity index (χ0) is 21.2. The predicted molar refractivity (Wildman–Crippen MR) is 123 cm³/mol. The normalized spacial score (nSPS) is 11.1. The molecule has 29 heavy (non-hydrogen) atoms. The minimum absolute atomic E-state index is 0.194. The van der Waals surface area contributed by atoms with Crippen molar-refractivity contribution in [3.05, 3.63) is 86.1 Å². The molecule has 10 heteroatoms. The van der Waals surface area contributed by atoms with Crippen LogP contribution in [-0.2, 0) is 13.1 Å². The van der Waals surface area contributed by atoms with Crippen LogP contribution in [0.4, 0.5) is 11.4 Å². The summed E-state index contributed by atoms with van der Waals surface area (Å²) in [6.07, 6.45) is 3.25. The fourth-order valence-corrected chi connectivity index (χ4v) is 2.97. The molecule has 0 saturated carbocycles. The van der Waals surface area contributed by atoms with Crippen molar-refractivity contribution < 1.29 is 13.1 Å². The second-order valence-electron chi connectivity index (χ2n) is 5.25. The van der Waals surface area contributed by atoms with E-state index in [9.17, 15) is 0 Å². The molecule has 0 aliphatic rings. The van der Waals surface area contributed by atoms with Gasteiger partial charge in [0.15, 0.2) is 0 Å². The van der Waals surface area contributed by atoms with Crippen LogP contribution in [0, 0.1) is 0 Å². The molecule has 3 aromatic rings. The van der Waals surface area contributed by atoms with Crippen LogP contribution in [0.2, 0.25) is 20.1 Å². The Morgan fingerprint density at radius 1 is 0.690 bits per heavy atom. The Morgan fingerprint density at radius 3 is 1.48 bits per heavy atom. The number of benzene rings is 2. The van der Waals surface area contributed by atoms with Crippen molar-refractivity contribution in [2.75, 3.05) is 0 Å². The summed E-state index contributed by atoms with van der Waals surface area (Å²) in [5.74, 6) is 0. The van der Waals surface area contributed by atoms with E-state index in [0.29, 0.717) is 42.9 Å². The van der Waals surface area contributed by atoms with Crippen molar-refractivity contribution in [1.82, 2.24) is 4.98 Å². The van der Waals surface area contributed by atoms with Gasteiger partial charge in [-0.25, -0.2) is 4.98 Å². The van der Waals surface area contributed by atoms with E-state index in [4.69, 9.17) is 66.6 Å². The Kier molecular flexibility index (Phi) is 10.8. The first-order chi connectivity index (χ1) is 13.9. The number of hydrogen-bond acceptors (Lipinski definition) is 3. The molecule has 0 unspecified atom stereocenters. The van der Waals surface area contributed by atoms with E-state index in [1.807, 2.05) is 18.2 Å². The van der Waals surface area contributed by atoms with Gasteiger partial charge in [0.25, 0.3) is 0 Å². The van der Waals surface area contributed by atoms with Crippen molar-refractivity contribution in [2.45, 2.75) is 0 Å². The Labute approximate surface area is 203 Å². The average molecular weight is 550 g/mol. The molecule has 0 aliphatic carbocycles. The number of halogens is 6. The van der Waals surface area contributed by atoms with Crippen LogP contribution >= 0.6 is 66.6 Å². The van der Waals surface area contributed by atoms with Crippen LogP contribution in [0.25, 0.3) is 0 Å². The molecule has 0 aliphatic heterocycles. The van der Waals surface area contributed by atoms with E-state index >= 15 is 0 Å². The zero-order valence-electron chi connectivity index (χ0n) is 14.3. The molecule has 0 amide bonds. The van der Waals surface area contributed by atoms with Crippen molar-refractivity contribution in [3.63, 3.8) is 0 Å². The van der Waals surface area contributed by atoms with Gasteiger partial charge in [-0.05, 0) is 48.5 Å². The van der Waals surface area contributed by atoms with Crippen LogP contribution in [-0.4, -0.2) is 17.4 Å². The summed E-state index contributed by atoms with van der Waals surface area (Å²) < 4.78 is 0. The van der Waals surface area contributed by atoms with Gasteiger partial charge in [0.2, 0.25) is 0 Å². The summed E-state index contributed by atoms with van der Waals surface area (Å²) >= 11 is 24.2. The van der Waals surface area contributed by atoms with E-state index < -0.39 is 0 Å². The fraction of sp³-hybridized carbons (Fsp3) is 0. The number of nitrogens with zero attached hydrogens (tertiary/aromatic N) is 3. The van der Waals surface area contributed by atoms with Gasteiger partial charge in [-0.15, -0.1) is 0 Å². The number of hydrogen-bond donors (Lipinski definition) is 0. The topological polar surface area (TPSA) is 37.6 Å². The average Bonchev–Trinajstić information content (AvgIpc) is 2.68. The van der Waals surface area contributed by atoms with Crippen molar-refractivity contribution in [1.29, 1.82) is 0 Å². The number of pyridine rings is 1. The summed E-state index contributed by atoms with van der Waals surface area (Å²) in [5.41, 5.74) is 2.57. The van der Waals surface area contributed by atoms with Gasteiger partial charge in [-0.2, -0.15) is 0 Å². The summed E-state index contributed by atoms with van der Waals surface area (Å²) in [5, 5.41) is 2.07. The van der Waals surface area contributed by atoms with Gasteiger partial charge in [0.1, 0.15) is 0 Å². The third-order valence-corrected chi connectivity index (χ3v) is 4.36. The Hall–Kier alpha value is -0.811. The quantitative estimate of drug-likeness (QED) is 0.237. The molecule has 0 saturated heterocycles. The van der Waals surface area contributed by atoms with Crippen molar-refractivity contribution in [2.24, 2.45) is 9.98 Å². The molecule has 2 aromatic carbocycles. The van der Waals surface area contributed by atoms with Crippen molar-refractivity contribution in [3.8, 4) is 0 Å². The molecule has 0 spiro atoms. The monoisotopic (exact) mass is 547 g/mol. The summed E-state index contributed by atoms with van der Waals surface area (Å²) in [4.78, 5) is 13.1. The standard InChI is InChI=1S/C19H11Cl4N3.2ClH.Fe/c20-12-4-6-18(16(22)8-12)24-10-14-2-1-3-15(26-14)11-25-19-7-5-13(21)9-17(19)23;;;/h1-11H;2*1H;/q;;;+2/p-2. The molecule has 0 atom stereocenters. The van der Waals surface area contributed by atoms with Gasteiger partial charge >= 0.3 is 33.3 Å². The van der Waals surface area contributed by atoms with Gasteiger partial charge < -0.3 is 0 Å². The molecule has 3 nitrogen and oxygen atoms in total. The maximum absolute atomic E-state index is 6.11. The molecule has 1 heterocycles. The van der Waals surface area contributed by atoms with Gasteiger partial charge in [0, 0.05) is 10.0 Å². The van der Waals surface area contributed by atoms with E-state index in [2.05, 4.69) is 15.0 Å². The Morgan fingerprint density at radius 2 is 1.10 bits per heavy atom. The molecule has 3 rings (SSSR count). The summed E-state index contributed by atoms with van der Waals surface area (Å²) in [7, 11) is 9.53. The molecular formula is C19H11Cl6FeN3. The van der Waals surface area contributed by atoms with Crippen LogP contribution in [0.1, 0.15) is 11.4 Å². The Balaban J connectivity index is 0.000000941. The predicted octanol–water partition coefficient (Wildman–Crippen LogP) is 8.57. The zero-order valence-corrected chi connectivity index (χ0v) is 20.0. The first kappa shape index (κ1) is 24.5. The molecule has 152 valence electrons. The molecule has 1 aromatic heterocycles. The molecule has 0 N–H and O–H groups in total. The molecule has 0 radical (unpaired) electrons. The van der Waals surface area contributed by atoms with Crippen LogP contribution in [0.3, 0.4) is 0 Å². The van der Waals surface area contributed by atoms with E-state index in [1.165, 1.54) is 0 Å².